The van der Waals surface area contributed by atoms with Crippen LogP contribution >= 0.6 is 11.6 Å². The van der Waals surface area contributed by atoms with Crippen LogP contribution in [0.3, 0.4) is 0 Å². The van der Waals surface area contributed by atoms with E-state index in [0.717, 1.165) is 16.8 Å². The topological polar surface area (TPSA) is 106 Å². The van der Waals surface area contributed by atoms with Crippen molar-refractivity contribution in [2.75, 3.05) is 5.32 Å². The molecule has 0 saturated carbocycles. The van der Waals surface area contributed by atoms with Gasteiger partial charge in [0.05, 0.1) is 5.56 Å². The van der Waals surface area contributed by atoms with Crippen molar-refractivity contribution in [2.24, 2.45) is 0 Å². The molecule has 1 aromatic carbocycles. The van der Waals surface area contributed by atoms with Gasteiger partial charge in [0, 0.05) is 22.2 Å². The van der Waals surface area contributed by atoms with Crippen molar-refractivity contribution in [2.45, 2.75) is 12.8 Å². The minimum Gasteiger partial charge on any atom is -0.324 e. The van der Waals surface area contributed by atoms with Crippen molar-refractivity contribution >= 4 is 23.2 Å². The van der Waals surface area contributed by atoms with Crippen LogP contribution in [0.2, 0.25) is 5.02 Å². The molecule has 116 valence electrons. The number of halogens is 1. The van der Waals surface area contributed by atoms with Gasteiger partial charge in [0.15, 0.2) is 5.82 Å². The van der Waals surface area contributed by atoms with E-state index in [1.807, 2.05) is 19.1 Å². The third kappa shape index (κ3) is 2.08. The third-order valence-electron chi connectivity index (χ3n) is 4.00. The lowest BCUT2D eigenvalue weighted by Gasteiger charge is -2.25. The van der Waals surface area contributed by atoms with Crippen LogP contribution < -0.4 is 16.6 Å². The summed E-state index contributed by atoms with van der Waals surface area (Å²) in [6, 6.07) is 7.27. The number of anilines is 2. The molecule has 0 fully saturated rings. The minimum atomic E-state index is -0.563. The van der Waals surface area contributed by atoms with Gasteiger partial charge in [-0.1, -0.05) is 23.7 Å². The standard InChI is InChI=1S/C15H12ClN5O2/c1-6-9-10(7-2-4-8(16)5-3-7)11-12(17-13(9)21-20-6)18-15(23)19-14(11)22/h2-5,10H,1H3,(H4,17,18,19,20,21,22,23). The summed E-state index contributed by atoms with van der Waals surface area (Å²) < 4.78 is 0. The molecule has 0 aliphatic carbocycles. The molecule has 8 heteroatoms. The first kappa shape index (κ1) is 13.8. The monoisotopic (exact) mass is 329 g/mol. The van der Waals surface area contributed by atoms with Crippen LogP contribution in [0, 0.1) is 6.92 Å². The highest BCUT2D eigenvalue weighted by atomic mass is 35.5. The van der Waals surface area contributed by atoms with E-state index in [4.69, 9.17) is 11.6 Å². The molecule has 1 aliphatic rings. The molecule has 0 amide bonds. The first-order chi connectivity index (χ1) is 11.0. The molecule has 0 spiro atoms. The second-order valence-electron chi connectivity index (χ2n) is 5.42. The van der Waals surface area contributed by atoms with E-state index in [0.29, 0.717) is 22.2 Å². The molecule has 1 atom stereocenters. The molecule has 0 saturated heterocycles. The number of nitrogens with one attached hydrogen (secondary N) is 4. The molecule has 3 heterocycles. The lowest BCUT2D eigenvalue weighted by Crippen LogP contribution is -2.31. The molecule has 4 N–H and O–H groups in total. The zero-order valence-electron chi connectivity index (χ0n) is 12.0. The number of aromatic nitrogens is 4. The number of aryl methyl sites for hydroxylation is 1. The molecule has 2 aromatic heterocycles. The van der Waals surface area contributed by atoms with Crippen LogP contribution in [0.1, 0.15) is 28.3 Å². The summed E-state index contributed by atoms with van der Waals surface area (Å²) in [4.78, 5) is 28.9. The Kier molecular flexibility index (Phi) is 2.92. The first-order valence-corrected chi connectivity index (χ1v) is 7.36. The fourth-order valence-corrected chi connectivity index (χ4v) is 3.13. The van der Waals surface area contributed by atoms with Crippen molar-refractivity contribution in [1.82, 2.24) is 20.2 Å². The number of H-pyrrole nitrogens is 3. The first-order valence-electron chi connectivity index (χ1n) is 6.98. The molecule has 0 bridgehead atoms. The van der Waals surface area contributed by atoms with Gasteiger partial charge in [0.2, 0.25) is 0 Å². The Labute approximate surface area is 134 Å². The zero-order valence-corrected chi connectivity index (χ0v) is 12.8. The Hall–Kier alpha value is -2.80. The SMILES string of the molecule is Cc1[nH]nc2c1C(c1ccc(Cl)cc1)c1c([nH]c(=O)[nH]c1=O)N2. The highest BCUT2D eigenvalue weighted by Gasteiger charge is 2.33. The molecule has 4 rings (SSSR count). The fraction of sp³-hybridized carbons (Fsp3) is 0.133. The van der Waals surface area contributed by atoms with Crippen LogP contribution in [0.25, 0.3) is 0 Å². The van der Waals surface area contributed by atoms with Gasteiger partial charge in [-0.25, -0.2) is 4.79 Å². The predicted octanol–water partition coefficient (Wildman–Crippen LogP) is 1.99. The summed E-state index contributed by atoms with van der Waals surface area (Å²) in [5.74, 6) is 0.603. The zero-order chi connectivity index (χ0) is 16.1. The van der Waals surface area contributed by atoms with E-state index in [9.17, 15) is 9.59 Å². The van der Waals surface area contributed by atoms with Gasteiger partial charge in [0.25, 0.3) is 5.56 Å². The Morgan fingerprint density at radius 2 is 1.83 bits per heavy atom. The number of benzene rings is 1. The molecule has 1 unspecified atom stereocenters. The van der Waals surface area contributed by atoms with Gasteiger partial charge in [-0.3, -0.25) is 19.9 Å². The van der Waals surface area contributed by atoms with Crippen molar-refractivity contribution in [3.8, 4) is 0 Å². The molecular weight excluding hydrogens is 318 g/mol. The maximum atomic E-state index is 12.4. The summed E-state index contributed by atoms with van der Waals surface area (Å²) >= 11 is 5.97. The smallest absolute Gasteiger partial charge is 0.324 e. The van der Waals surface area contributed by atoms with Crippen molar-refractivity contribution < 1.29 is 0 Å². The normalized spacial score (nSPS) is 15.7. The van der Waals surface area contributed by atoms with Crippen LogP contribution in [-0.4, -0.2) is 20.2 Å². The summed E-state index contributed by atoms with van der Waals surface area (Å²) in [6.45, 7) is 1.89. The van der Waals surface area contributed by atoms with Gasteiger partial charge >= 0.3 is 5.69 Å². The predicted molar refractivity (Wildman–Crippen MR) is 86.7 cm³/mol. The Morgan fingerprint density at radius 3 is 2.57 bits per heavy atom. The molecule has 23 heavy (non-hydrogen) atoms. The van der Waals surface area contributed by atoms with Crippen molar-refractivity contribution in [1.29, 1.82) is 0 Å². The average molecular weight is 330 g/mol. The van der Waals surface area contributed by atoms with E-state index >= 15 is 0 Å². The summed E-state index contributed by atoms with van der Waals surface area (Å²) in [5, 5.41) is 10.8. The van der Waals surface area contributed by atoms with E-state index in [1.54, 1.807) is 12.1 Å². The molecule has 7 nitrogen and oxygen atoms in total. The number of fused-ring (bicyclic) bond motifs is 2. The van der Waals surface area contributed by atoms with E-state index in [2.05, 4.69) is 25.5 Å². The van der Waals surface area contributed by atoms with E-state index in [-0.39, 0.29) is 5.92 Å². The van der Waals surface area contributed by atoms with Crippen molar-refractivity contribution in [3.63, 3.8) is 0 Å². The van der Waals surface area contributed by atoms with Gasteiger partial charge in [-0.15, -0.1) is 0 Å². The lowest BCUT2D eigenvalue weighted by atomic mass is 9.83. The van der Waals surface area contributed by atoms with Crippen LogP contribution in [-0.2, 0) is 0 Å². The highest BCUT2D eigenvalue weighted by Crippen LogP contribution is 2.42. The average Bonchev–Trinajstić information content (AvgIpc) is 2.87. The Balaban J connectivity index is 2.04. The molecule has 3 aromatic rings. The van der Waals surface area contributed by atoms with Gasteiger partial charge < -0.3 is 5.32 Å². The molecule has 1 aliphatic heterocycles. The second kappa shape index (κ2) is 4.85. The van der Waals surface area contributed by atoms with Crippen molar-refractivity contribution in [3.05, 3.63) is 72.5 Å². The quantitative estimate of drug-likeness (QED) is 0.428. The number of hydrogen-bond acceptors (Lipinski definition) is 4. The maximum Gasteiger partial charge on any atom is 0.327 e. The van der Waals surface area contributed by atoms with Crippen LogP contribution in [0.15, 0.2) is 33.9 Å². The highest BCUT2D eigenvalue weighted by molar-refractivity contribution is 6.30. The van der Waals surface area contributed by atoms with Crippen LogP contribution in [0.5, 0.6) is 0 Å². The van der Waals surface area contributed by atoms with E-state index in [1.165, 1.54) is 0 Å². The largest absolute Gasteiger partial charge is 0.327 e. The number of rotatable bonds is 1. The number of nitrogens with zero attached hydrogens (tertiary/aromatic N) is 1. The second-order valence-corrected chi connectivity index (χ2v) is 5.85. The Bertz CT molecular complexity index is 1020. The molecular formula is C15H12ClN5O2. The lowest BCUT2D eigenvalue weighted by molar-refractivity contribution is 0.881. The van der Waals surface area contributed by atoms with Crippen LogP contribution in [0.4, 0.5) is 11.6 Å². The third-order valence-corrected chi connectivity index (χ3v) is 4.25. The molecule has 0 radical (unpaired) electrons. The number of aromatic amines is 3. The van der Waals surface area contributed by atoms with E-state index < -0.39 is 11.2 Å². The van der Waals surface area contributed by atoms with Gasteiger partial charge in [0.1, 0.15) is 5.82 Å². The maximum absolute atomic E-state index is 12.4. The fourth-order valence-electron chi connectivity index (χ4n) is 3.01. The van der Waals surface area contributed by atoms with Gasteiger partial charge in [-0.2, -0.15) is 5.10 Å². The Morgan fingerprint density at radius 1 is 1.09 bits per heavy atom. The van der Waals surface area contributed by atoms with Gasteiger partial charge in [-0.05, 0) is 24.6 Å². The summed E-state index contributed by atoms with van der Waals surface area (Å²) in [5.41, 5.74) is 2.07. The number of hydrogen-bond donors (Lipinski definition) is 4. The summed E-state index contributed by atoms with van der Waals surface area (Å²) in [7, 11) is 0. The summed E-state index contributed by atoms with van der Waals surface area (Å²) in [6.07, 6.45) is 0. The minimum absolute atomic E-state index is 0.349.